The van der Waals surface area contributed by atoms with Gasteiger partial charge in [-0.3, -0.25) is 9.78 Å². The SMILES string of the molecule is Cc1ccc(N(c2ccncc2)S(C)(=O)=O)cc1C(=O)N[C@H](C)c1cccc2ccccc12. The van der Waals surface area contributed by atoms with E-state index < -0.39 is 10.0 Å². The van der Waals surface area contributed by atoms with Gasteiger partial charge in [0.2, 0.25) is 10.0 Å². The summed E-state index contributed by atoms with van der Waals surface area (Å²) >= 11 is 0. The lowest BCUT2D eigenvalue weighted by molar-refractivity contribution is 0.0939. The third-order valence-corrected chi connectivity index (χ3v) is 6.65. The minimum absolute atomic E-state index is 0.238. The molecule has 0 spiro atoms. The van der Waals surface area contributed by atoms with E-state index in [9.17, 15) is 13.2 Å². The Morgan fingerprint density at radius 2 is 1.64 bits per heavy atom. The number of aryl methyl sites for hydroxylation is 1. The van der Waals surface area contributed by atoms with Crippen LogP contribution in [0.4, 0.5) is 11.4 Å². The number of carbonyl (C=O) groups is 1. The van der Waals surface area contributed by atoms with E-state index in [1.54, 1.807) is 30.3 Å². The molecule has 3 aromatic carbocycles. The quantitative estimate of drug-likeness (QED) is 0.433. The molecule has 0 unspecified atom stereocenters. The lowest BCUT2D eigenvalue weighted by Crippen LogP contribution is -2.28. The van der Waals surface area contributed by atoms with Gasteiger partial charge in [0.15, 0.2) is 0 Å². The number of nitrogens with zero attached hydrogens (tertiary/aromatic N) is 2. The fraction of sp³-hybridized carbons (Fsp3) is 0.154. The highest BCUT2D eigenvalue weighted by Gasteiger charge is 2.22. The van der Waals surface area contributed by atoms with Crippen LogP contribution in [0.1, 0.15) is 34.5 Å². The molecule has 1 N–H and O–H groups in total. The Hall–Kier alpha value is -3.71. The van der Waals surface area contributed by atoms with Gasteiger partial charge in [0.05, 0.1) is 23.7 Å². The molecule has 0 radical (unpaired) electrons. The molecular formula is C26H25N3O3S. The van der Waals surface area contributed by atoms with Gasteiger partial charge in [-0.15, -0.1) is 0 Å². The number of aromatic nitrogens is 1. The molecule has 1 amide bonds. The van der Waals surface area contributed by atoms with Gasteiger partial charge >= 0.3 is 0 Å². The van der Waals surface area contributed by atoms with Crippen LogP contribution in [0.5, 0.6) is 0 Å². The predicted octanol–water partition coefficient (Wildman–Crippen LogP) is 5.13. The zero-order chi connectivity index (χ0) is 23.6. The van der Waals surface area contributed by atoms with Crippen molar-refractivity contribution in [1.82, 2.24) is 10.3 Å². The molecule has 0 fully saturated rings. The summed E-state index contributed by atoms with van der Waals surface area (Å²) < 4.78 is 26.4. The lowest BCUT2D eigenvalue weighted by atomic mass is 9.99. The van der Waals surface area contributed by atoms with Crippen molar-refractivity contribution in [2.24, 2.45) is 0 Å². The summed E-state index contributed by atoms with van der Waals surface area (Å²) in [7, 11) is -3.64. The summed E-state index contributed by atoms with van der Waals surface area (Å²) in [6.07, 6.45) is 4.19. The zero-order valence-electron chi connectivity index (χ0n) is 18.7. The molecule has 4 aromatic rings. The monoisotopic (exact) mass is 459 g/mol. The molecule has 168 valence electrons. The summed E-state index contributed by atoms with van der Waals surface area (Å²) in [6, 6.07) is 22.1. The van der Waals surface area contributed by atoms with E-state index in [4.69, 9.17) is 0 Å². The first-order chi connectivity index (χ1) is 15.8. The average molecular weight is 460 g/mol. The number of amides is 1. The van der Waals surface area contributed by atoms with E-state index in [1.165, 1.54) is 16.7 Å². The number of hydrogen-bond donors (Lipinski definition) is 1. The minimum atomic E-state index is -3.64. The molecule has 0 saturated carbocycles. The largest absolute Gasteiger partial charge is 0.345 e. The fourth-order valence-corrected chi connectivity index (χ4v) is 4.97. The van der Waals surface area contributed by atoms with Crippen LogP contribution in [0.15, 0.2) is 85.2 Å². The Kier molecular flexibility index (Phi) is 6.16. The van der Waals surface area contributed by atoms with Crippen LogP contribution >= 0.6 is 0 Å². The predicted molar refractivity (Wildman–Crippen MR) is 132 cm³/mol. The number of pyridine rings is 1. The highest BCUT2D eigenvalue weighted by molar-refractivity contribution is 7.92. The van der Waals surface area contributed by atoms with Crippen LogP contribution in [-0.4, -0.2) is 25.6 Å². The van der Waals surface area contributed by atoms with Gasteiger partial charge < -0.3 is 5.32 Å². The summed E-state index contributed by atoms with van der Waals surface area (Å²) in [6.45, 7) is 3.77. The first kappa shape index (κ1) is 22.5. The molecule has 4 rings (SSSR count). The van der Waals surface area contributed by atoms with Crippen LogP contribution < -0.4 is 9.62 Å². The van der Waals surface area contributed by atoms with E-state index in [-0.39, 0.29) is 11.9 Å². The van der Waals surface area contributed by atoms with E-state index in [1.807, 2.05) is 56.3 Å². The molecule has 7 heteroatoms. The van der Waals surface area contributed by atoms with Crippen molar-refractivity contribution >= 4 is 38.1 Å². The van der Waals surface area contributed by atoms with Crippen molar-refractivity contribution in [2.75, 3.05) is 10.6 Å². The number of anilines is 2. The second-order valence-corrected chi connectivity index (χ2v) is 9.83. The van der Waals surface area contributed by atoms with E-state index in [2.05, 4.69) is 10.3 Å². The molecule has 33 heavy (non-hydrogen) atoms. The van der Waals surface area contributed by atoms with Crippen molar-refractivity contribution < 1.29 is 13.2 Å². The summed E-state index contributed by atoms with van der Waals surface area (Å²) in [5, 5.41) is 5.26. The zero-order valence-corrected chi connectivity index (χ0v) is 19.5. The van der Waals surface area contributed by atoms with Crippen molar-refractivity contribution in [2.45, 2.75) is 19.9 Å². The van der Waals surface area contributed by atoms with Gasteiger partial charge in [0.1, 0.15) is 0 Å². The first-order valence-corrected chi connectivity index (χ1v) is 12.4. The van der Waals surface area contributed by atoms with Crippen molar-refractivity contribution in [3.63, 3.8) is 0 Å². The Morgan fingerprint density at radius 3 is 2.36 bits per heavy atom. The number of carbonyl (C=O) groups excluding carboxylic acids is 1. The van der Waals surface area contributed by atoms with Crippen LogP contribution in [0.25, 0.3) is 10.8 Å². The molecule has 1 aromatic heterocycles. The average Bonchev–Trinajstić information content (AvgIpc) is 2.79. The van der Waals surface area contributed by atoms with Gasteiger partial charge in [0, 0.05) is 18.0 Å². The molecule has 1 atom stereocenters. The topological polar surface area (TPSA) is 79.4 Å². The van der Waals surface area contributed by atoms with E-state index in [0.29, 0.717) is 16.9 Å². The maximum atomic E-state index is 13.3. The summed E-state index contributed by atoms with van der Waals surface area (Å²) in [5.41, 5.74) is 3.03. The highest BCUT2D eigenvalue weighted by atomic mass is 32.2. The van der Waals surface area contributed by atoms with Gasteiger partial charge in [-0.2, -0.15) is 0 Å². The molecule has 0 aliphatic carbocycles. The third kappa shape index (κ3) is 4.73. The van der Waals surface area contributed by atoms with Crippen LogP contribution in [0.3, 0.4) is 0 Å². The maximum Gasteiger partial charge on any atom is 0.252 e. The van der Waals surface area contributed by atoms with Crippen LogP contribution in [-0.2, 0) is 10.0 Å². The summed E-state index contributed by atoms with van der Waals surface area (Å²) in [5.74, 6) is -0.266. The van der Waals surface area contributed by atoms with E-state index in [0.717, 1.165) is 28.2 Å². The molecule has 1 heterocycles. The van der Waals surface area contributed by atoms with Crippen molar-refractivity contribution in [3.8, 4) is 0 Å². The first-order valence-electron chi connectivity index (χ1n) is 10.6. The lowest BCUT2D eigenvalue weighted by Gasteiger charge is -2.24. The molecule has 0 aliphatic heterocycles. The molecule has 0 saturated heterocycles. The Labute approximate surface area is 194 Å². The number of nitrogens with one attached hydrogen (secondary N) is 1. The summed E-state index contributed by atoms with van der Waals surface area (Å²) in [4.78, 5) is 17.2. The number of fused-ring (bicyclic) bond motifs is 1. The highest BCUT2D eigenvalue weighted by Crippen LogP contribution is 2.30. The molecule has 6 nitrogen and oxygen atoms in total. The smallest absolute Gasteiger partial charge is 0.252 e. The van der Waals surface area contributed by atoms with Gasteiger partial charge in [-0.05, 0) is 60.0 Å². The van der Waals surface area contributed by atoms with Crippen LogP contribution in [0, 0.1) is 6.92 Å². The third-order valence-electron chi connectivity index (χ3n) is 5.57. The Balaban J connectivity index is 1.68. The van der Waals surface area contributed by atoms with Gasteiger partial charge in [-0.25, -0.2) is 12.7 Å². The second kappa shape index (κ2) is 9.03. The standard InChI is InChI=1S/C26H25N3O3S/c1-18-11-12-22(29(33(3,31)32)21-13-15-27-16-14-21)17-25(18)26(30)28-19(2)23-10-6-8-20-7-4-5-9-24(20)23/h4-17,19H,1-3H3,(H,28,30)/t19-/m1/s1. The minimum Gasteiger partial charge on any atom is -0.345 e. The number of hydrogen-bond acceptors (Lipinski definition) is 4. The van der Waals surface area contributed by atoms with E-state index >= 15 is 0 Å². The number of rotatable bonds is 6. The number of sulfonamides is 1. The van der Waals surface area contributed by atoms with Gasteiger partial charge in [0.25, 0.3) is 5.91 Å². The molecular weight excluding hydrogens is 434 g/mol. The second-order valence-electron chi connectivity index (χ2n) is 8.00. The van der Waals surface area contributed by atoms with Gasteiger partial charge in [-0.1, -0.05) is 48.5 Å². The normalized spacial score (nSPS) is 12.3. The molecule has 0 aliphatic rings. The van der Waals surface area contributed by atoms with Crippen molar-refractivity contribution in [3.05, 3.63) is 102 Å². The number of benzene rings is 3. The Bertz CT molecular complexity index is 1410. The maximum absolute atomic E-state index is 13.3. The Morgan fingerprint density at radius 1 is 0.939 bits per heavy atom. The van der Waals surface area contributed by atoms with Crippen LogP contribution in [0.2, 0.25) is 0 Å². The molecule has 0 bridgehead atoms. The van der Waals surface area contributed by atoms with Crippen molar-refractivity contribution in [1.29, 1.82) is 0 Å². The fourth-order valence-electron chi connectivity index (χ4n) is 3.97.